The first-order valence-electron chi connectivity index (χ1n) is 7.43. The van der Waals surface area contributed by atoms with Gasteiger partial charge in [-0.1, -0.05) is 0 Å². The maximum Gasteiger partial charge on any atom is 0.251 e. The van der Waals surface area contributed by atoms with Crippen molar-refractivity contribution in [2.24, 2.45) is 5.18 Å². The third kappa shape index (κ3) is 5.05. The Labute approximate surface area is 138 Å². The van der Waals surface area contributed by atoms with E-state index in [9.17, 15) is 19.2 Å². The van der Waals surface area contributed by atoms with Crippen LogP contribution in [0.2, 0.25) is 0 Å². The van der Waals surface area contributed by atoms with E-state index in [1.165, 1.54) is 30.3 Å². The summed E-state index contributed by atoms with van der Waals surface area (Å²) >= 11 is 0. The van der Waals surface area contributed by atoms with Gasteiger partial charge in [-0.25, -0.2) is 4.39 Å². The van der Waals surface area contributed by atoms with Crippen molar-refractivity contribution in [1.82, 2.24) is 5.32 Å². The second kappa shape index (κ2) is 8.61. The highest BCUT2D eigenvalue weighted by atomic mass is 19.1. The quantitative estimate of drug-likeness (QED) is 0.572. The van der Waals surface area contributed by atoms with Gasteiger partial charge in [0, 0.05) is 12.1 Å². The van der Waals surface area contributed by atoms with Crippen LogP contribution in [0.3, 0.4) is 0 Å². The molecule has 0 aromatic heterocycles. The van der Waals surface area contributed by atoms with E-state index in [0.29, 0.717) is 25.3 Å². The van der Waals surface area contributed by atoms with Gasteiger partial charge >= 0.3 is 0 Å². The van der Waals surface area contributed by atoms with Gasteiger partial charge < -0.3 is 15.2 Å². The summed E-state index contributed by atoms with van der Waals surface area (Å²) in [4.78, 5) is 22.2. The predicted octanol–water partition coefficient (Wildman–Crippen LogP) is 3.52. The summed E-state index contributed by atoms with van der Waals surface area (Å²) < 4.78 is 18.2. The van der Waals surface area contributed by atoms with E-state index in [1.807, 2.05) is 0 Å². The zero-order valence-corrected chi connectivity index (χ0v) is 12.9. The summed E-state index contributed by atoms with van der Waals surface area (Å²) in [6.07, 6.45) is 1.42. The van der Waals surface area contributed by atoms with E-state index in [4.69, 9.17) is 4.74 Å². The van der Waals surface area contributed by atoms with E-state index in [-0.39, 0.29) is 28.7 Å². The summed E-state index contributed by atoms with van der Waals surface area (Å²) in [6.45, 7) is 0.905. The van der Waals surface area contributed by atoms with Crippen LogP contribution in [0.4, 0.5) is 10.1 Å². The third-order valence-corrected chi connectivity index (χ3v) is 3.27. The Balaban J connectivity index is 1.66. The lowest BCUT2D eigenvalue weighted by Crippen LogP contribution is -2.24. The summed E-state index contributed by atoms with van der Waals surface area (Å²) in [7, 11) is 0. The topological polar surface area (TPSA) is 88.0 Å². The number of benzene rings is 2. The van der Waals surface area contributed by atoms with Gasteiger partial charge in [-0.15, -0.1) is 4.91 Å². The van der Waals surface area contributed by atoms with Crippen LogP contribution in [-0.2, 0) is 0 Å². The van der Waals surface area contributed by atoms with Crippen LogP contribution in [0.5, 0.6) is 11.5 Å². The number of hydrogen-bond donors (Lipinski definition) is 2. The van der Waals surface area contributed by atoms with Crippen LogP contribution in [0, 0.1) is 10.7 Å². The summed E-state index contributed by atoms with van der Waals surface area (Å²) in [6, 6.07) is 9.68. The number of carbonyl (C=O) groups is 1. The molecule has 0 bridgehead atoms. The maximum absolute atomic E-state index is 12.7. The molecule has 1 amide bonds. The van der Waals surface area contributed by atoms with E-state index >= 15 is 0 Å². The second-order valence-corrected chi connectivity index (χ2v) is 5.06. The minimum absolute atomic E-state index is 0.107. The standard InChI is InChI=1S/C17H17FN2O4/c18-13-4-6-14(7-5-13)24-10-2-1-9-19-17(22)12-3-8-15(20-23)16(21)11-12/h3-8,11,21H,1-2,9-10H2,(H,19,22). The number of aromatic hydroxyl groups is 1. The number of halogens is 1. The van der Waals surface area contributed by atoms with Crippen molar-refractivity contribution in [3.63, 3.8) is 0 Å². The highest BCUT2D eigenvalue weighted by Gasteiger charge is 2.09. The fraction of sp³-hybridized carbons (Fsp3) is 0.235. The average molecular weight is 332 g/mol. The third-order valence-electron chi connectivity index (χ3n) is 3.27. The van der Waals surface area contributed by atoms with Gasteiger partial charge in [0.15, 0.2) is 0 Å². The van der Waals surface area contributed by atoms with Crippen molar-refractivity contribution in [3.8, 4) is 11.5 Å². The van der Waals surface area contributed by atoms with Crippen LogP contribution >= 0.6 is 0 Å². The molecule has 6 nitrogen and oxygen atoms in total. The lowest BCUT2D eigenvalue weighted by Gasteiger charge is -2.07. The molecule has 2 rings (SSSR count). The van der Waals surface area contributed by atoms with Crippen molar-refractivity contribution < 1.29 is 19.0 Å². The van der Waals surface area contributed by atoms with Gasteiger partial charge in [0.25, 0.3) is 5.91 Å². The van der Waals surface area contributed by atoms with Crippen molar-refractivity contribution >= 4 is 11.6 Å². The Morgan fingerprint density at radius 1 is 1.17 bits per heavy atom. The summed E-state index contributed by atoms with van der Waals surface area (Å²) in [5.41, 5.74) is 0.145. The van der Waals surface area contributed by atoms with E-state index in [1.54, 1.807) is 12.1 Å². The number of unbranched alkanes of at least 4 members (excludes halogenated alkanes) is 1. The highest BCUT2D eigenvalue weighted by Crippen LogP contribution is 2.26. The van der Waals surface area contributed by atoms with E-state index in [0.717, 1.165) is 6.42 Å². The molecule has 2 N–H and O–H groups in total. The fourth-order valence-electron chi connectivity index (χ4n) is 1.99. The highest BCUT2D eigenvalue weighted by molar-refractivity contribution is 5.95. The number of nitrogens with one attached hydrogen (secondary N) is 1. The molecule has 0 unspecified atom stereocenters. The molecule has 0 saturated heterocycles. The first kappa shape index (κ1) is 17.4. The first-order chi connectivity index (χ1) is 11.6. The van der Waals surface area contributed by atoms with Crippen molar-refractivity contribution in [2.75, 3.05) is 13.2 Å². The number of nitroso groups, excluding NO2 is 1. The zero-order valence-electron chi connectivity index (χ0n) is 12.9. The second-order valence-electron chi connectivity index (χ2n) is 5.06. The molecular formula is C17H17FN2O4. The molecule has 0 aliphatic rings. The molecule has 0 saturated carbocycles. The molecule has 126 valence electrons. The number of phenolic OH excluding ortho intramolecular Hbond substituents is 1. The van der Waals surface area contributed by atoms with Gasteiger partial charge in [-0.3, -0.25) is 4.79 Å². The Kier molecular flexibility index (Phi) is 6.24. The van der Waals surface area contributed by atoms with Crippen LogP contribution in [0.1, 0.15) is 23.2 Å². The summed E-state index contributed by atoms with van der Waals surface area (Å²) in [5, 5.41) is 14.8. The SMILES string of the molecule is O=Nc1ccc(C(=O)NCCCCOc2ccc(F)cc2)cc1O. The number of rotatable bonds is 8. The molecule has 2 aromatic rings. The molecule has 0 spiro atoms. The van der Waals surface area contributed by atoms with Crippen LogP contribution < -0.4 is 10.1 Å². The summed E-state index contributed by atoms with van der Waals surface area (Å²) in [5.74, 6) is -0.389. The lowest BCUT2D eigenvalue weighted by atomic mass is 10.1. The average Bonchev–Trinajstić information content (AvgIpc) is 2.59. The van der Waals surface area contributed by atoms with Gasteiger partial charge in [-0.05, 0) is 60.5 Å². The first-order valence-corrected chi connectivity index (χ1v) is 7.43. The molecule has 24 heavy (non-hydrogen) atoms. The number of hydrogen-bond acceptors (Lipinski definition) is 5. The Morgan fingerprint density at radius 3 is 2.58 bits per heavy atom. The fourth-order valence-corrected chi connectivity index (χ4v) is 1.99. The molecule has 0 radical (unpaired) electrons. The number of carbonyl (C=O) groups excluding carboxylic acids is 1. The van der Waals surface area contributed by atoms with Crippen molar-refractivity contribution in [2.45, 2.75) is 12.8 Å². The molecule has 2 aromatic carbocycles. The molecule has 0 heterocycles. The lowest BCUT2D eigenvalue weighted by molar-refractivity contribution is 0.0952. The zero-order chi connectivity index (χ0) is 17.4. The Morgan fingerprint density at radius 2 is 1.92 bits per heavy atom. The van der Waals surface area contributed by atoms with Crippen LogP contribution in [0.25, 0.3) is 0 Å². The minimum atomic E-state index is -0.345. The number of amides is 1. The minimum Gasteiger partial charge on any atom is -0.506 e. The number of nitrogens with zero attached hydrogens (tertiary/aromatic N) is 1. The molecule has 0 fully saturated rings. The van der Waals surface area contributed by atoms with Crippen molar-refractivity contribution in [1.29, 1.82) is 0 Å². The predicted molar refractivity (Wildman–Crippen MR) is 87.0 cm³/mol. The largest absolute Gasteiger partial charge is 0.506 e. The smallest absolute Gasteiger partial charge is 0.251 e. The molecule has 0 aliphatic carbocycles. The molecule has 7 heteroatoms. The van der Waals surface area contributed by atoms with Gasteiger partial charge in [0.2, 0.25) is 0 Å². The maximum atomic E-state index is 12.7. The normalized spacial score (nSPS) is 10.2. The Hall–Kier alpha value is -2.96. The molecule has 0 atom stereocenters. The molecular weight excluding hydrogens is 315 g/mol. The monoisotopic (exact) mass is 332 g/mol. The Bertz CT molecular complexity index is 704. The van der Waals surface area contributed by atoms with E-state index < -0.39 is 0 Å². The van der Waals surface area contributed by atoms with Gasteiger partial charge in [-0.2, -0.15) is 0 Å². The van der Waals surface area contributed by atoms with Crippen LogP contribution in [0.15, 0.2) is 47.6 Å². The van der Waals surface area contributed by atoms with E-state index in [2.05, 4.69) is 10.5 Å². The molecule has 0 aliphatic heterocycles. The number of ether oxygens (including phenoxy) is 1. The van der Waals surface area contributed by atoms with Gasteiger partial charge in [0.1, 0.15) is 23.0 Å². The van der Waals surface area contributed by atoms with Gasteiger partial charge in [0.05, 0.1) is 6.61 Å². The number of phenols is 1. The van der Waals surface area contributed by atoms with Crippen molar-refractivity contribution in [3.05, 3.63) is 58.8 Å². The van der Waals surface area contributed by atoms with Crippen LogP contribution in [-0.4, -0.2) is 24.2 Å².